The van der Waals surface area contributed by atoms with Crippen LogP contribution in [0.4, 0.5) is 10.2 Å². The van der Waals surface area contributed by atoms with Crippen molar-refractivity contribution in [2.45, 2.75) is 33.7 Å². The van der Waals surface area contributed by atoms with Crippen LogP contribution in [0.25, 0.3) is 5.69 Å². The standard InChI is InChI=1S/C25H27FN4O4/c1-15(2)23(28-24(32)18-7-5-6-16(3)12-18)25(33)34-14-22(31)27-21-13-17(4)29-30(21)20-10-8-19(26)9-11-20/h5-13,15,23H,14H2,1-4H3,(H,27,31)(H,28,32)/t23-/m0/s1. The molecule has 0 saturated heterocycles. The summed E-state index contributed by atoms with van der Waals surface area (Å²) in [6, 6.07) is 13.4. The quantitative estimate of drug-likeness (QED) is 0.494. The van der Waals surface area contributed by atoms with Crippen molar-refractivity contribution in [2.75, 3.05) is 11.9 Å². The zero-order valence-corrected chi connectivity index (χ0v) is 19.5. The average Bonchev–Trinajstić information content (AvgIpc) is 3.15. The van der Waals surface area contributed by atoms with Crippen LogP contribution in [0.5, 0.6) is 0 Å². The highest BCUT2D eigenvalue weighted by atomic mass is 19.1. The molecule has 1 atom stereocenters. The lowest BCUT2D eigenvalue weighted by Crippen LogP contribution is -2.46. The molecule has 3 rings (SSSR count). The molecule has 178 valence electrons. The molecule has 8 nitrogen and oxygen atoms in total. The predicted octanol–water partition coefficient (Wildman–Crippen LogP) is 3.56. The Hall–Kier alpha value is -4.01. The smallest absolute Gasteiger partial charge is 0.329 e. The molecule has 0 fully saturated rings. The van der Waals surface area contributed by atoms with Crippen LogP contribution in [0.3, 0.4) is 0 Å². The van der Waals surface area contributed by atoms with Crippen molar-refractivity contribution in [3.05, 3.63) is 77.2 Å². The third-order valence-electron chi connectivity index (χ3n) is 5.00. The summed E-state index contributed by atoms with van der Waals surface area (Å²) >= 11 is 0. The number of amides is 2. The van der Waals surface area contributed by atoms with E-state index in [1.165, 1.54) is 28.9 Å². The number of aromatic nitrogens is 2. The second-order valence-corrected chi connectivity index (χ2v) is 8.28. The minimum atomic E-state index is -0.923. The van der Waals surface area contributed by atoms with Crippen molar-refractivity contribution < 1.29 is 23.5 Å². The molecule has 2 N–H and O–H groups in total. The van der Waals surface area contributed by atoms with E-state index in [-0.39, 0.29) is 11.7 Å². The van der Waals surface area contributed by atoms with Crippen LogP contribution in [0.15, 0.2) is 54.6 Å². The highest BCUT2D eigenvalue weighted by Crippen LogP contribution is 2.17. The molecule has 0 radical (unpaired) electrons. The number of nitrogens with zero attached hydrogens (tertiary/aromatic N) is 2. The molecular weight excluding hydrogens is 439 g/mol. The summed E-state index contributed by atoms with van der Waals surface area (Å²) in [6.07, 6.45) is 0. The number of hydrogen-bond donors (Lipinski definition) is 2. The van der Waals surface area contributed by atoms with Gasteiger partial charge in [-0.25, -0.2) is 13.9 Å². The number of benzene rings is 2. The van der Waals surface area contributed by atoms with Gasteiger partial charge in [-0.3, -0.25) is 9.59 Å². The van der Waals surface area contributed by atoms with Gasteiger partial charge in [0, 0.05) is 11.6 Å². The minimum Gasteiger partial charge on any atom is -0.454 e. The lowest BCUT2D eigenvalue weighted by atomic mass is 10.0. The van der Waals surface area contributed by atoms with Gasteiger partial charge in [0.25, 0.3) is 11.8 Å². The number of esters is 1. The average molecular weight is 467 g/mol. The first-order chi connectivity index (χ1) is 16.1. The van der Waals surface area contributed by atoms with Crippen LogP contribution in [0.2, 0.25) is 0 Å². The van der Waals surface area contributed by atoms with Crippen molar-refractivity contribution in [2.24, 2.45) is 5.92 Å². The van der Waals surface area contributed by atoms with Gasteiger partial charge in [-0.05, 0) is 56.2 Å². The van der Waals surface area contributed by atoms with Crippen LogP contribution >= 0.6 is 0 Å². The van der Waals surface area contributed by atoms with Crippen molar-refractivity contribution in [3.63, 3.8) is 0 Å². The fourth-order valence-electron chi connectivity index (χ4n) is 3.28. The van der Waals surface area contributed by atoms with Crippen molar-refractivity contribution in [1.29, 1.82) is 0 Å². The molecule has 1 heterocycles. The highest BCUT2D eigenvalue weighted by Gasteiger charge is 2.27. The maximum atomic E-state index is 13.2. The van der Waals surface area contributed by atoms with Gasteiger partial charge in [-0.1, -0.05) is 31.5 Å². The van der Waals surface area contributed by atoms with E-state index in [1.54, 1.807) is 45.0 Å². The minimum absolute atomic E-state index is 0.258. The molecule has 0 spiro atoms. The fraction of sp³-hybridized carbons (Fsp3) is 0.280. The molecule has 3 aromatic rings. The van der Waals surface area contributed by atoms with Gasteiger partial charge in [0.2, 0.25) is 0 Å². The second kappa shape index (κ2) is 10.7. The Morgan fingerprint density at radius 2 is 1.76 bits per heavy atom. The van der Waals surface area contributed by atoms with Gasteiger partial charge >= 0.3 is 5.97 Å². The van der Waals surface area contributed by atoms with E-state index < -0.39 is 30.4 Å². The lowest BCUT2D eigenvalue weighted by molar-refractivity contribution is -0.150. The maximum Gasteiger partial charge on any atom is 0.329 e. The monoisotopic (exact) mass is 466 g/mol. The normalized spacial score (nSPS) is 11.7. The molecule has 9 heteroatoms. The zero-order valence-electron chi connectivity index (χ0n) is 19.5. The molecule has 2 amide bonds. The van der Waals surface area contributed by atoms with Gasteiger partial charge in [0.05, 0.1) is 11.4 Å². The van der Waals surface area contributed by atoms with Crippen LogP contribution in [0.1, 0.15) is 35.5 Å². The van der Waals surface area contributed by atoms with Crippen molar-refractivity contribution in [3.8, 4) is 5.69 Å². The van der Waals surface area contributed by atoms with Crippen molar-refractivity contribution in [1.82, 2.24) is 15.1 Å². The Morgan fingerprint density at radius 3 is 2.41 bits per heavy atom. The predicted molar refractivity (Wildman–Crippen MR) is 125 cm³/mol. The van der Waals surface area contributed by atoms with Crippen LogP contribution in [-0.4, -0.2) is 40.2 Å². The number of aryl methyl sites for hydroxylation is 2. The Morgan fingerprint density at radius 1 is 1.06 bits per heavy atom. The summed E-state index contributed by atoms with van der Waals surface area (Å²) in [5.41, 5.74) is 2.54. The van der Waals surface area contributed by atoms with E-state index in [2.05, 4.69) is 15.7 Å². The zero-order chi connectivity index (χ0) is 24.8. The summed E-state index contributed by atoms with van der Waals surface area (Å²) in [7, 11) is 0. The SMILES string of the molecule is Cc1cccc(C(=O)N[C@H](C(=O)OCC(=O)Nc2cc(C)nn2-c2ccc(F)cc2)C(C)C)c1. The van der Waals surface area contributed by atoms with Crippen LogP contribution in [-0.2, 0) is 14.3 Å². The number of carbonyl (C=O) groups is 3. The first-order valence-electron chi connectivity index (χ1n) is 10.8. The van der Waals surface area contributed by atoms with Gasteiger partial charge < -0.3 is 15.4 Å². The first kappa shape index (κ1) is 24.6. The largest absolute Gasteiger partial charge is 0.454 e. The summed E-state index contributed by atoms with van der Waals surface area (Å²) in [4.78, 5) is 37.7. The number of carbonyl (C=O) groups excluding carboxylic acids is 3. The third kappa shape index (κ3) is 6.28. The molecule has 1 aromatic heterocycles. The number of anilines is 1. The van der Waals surface area contributed by atoms with Gasteiger partial charge in [-0.15, -0.1) is 0 Å². The van der Waals surface area contributed by atoms with E-state index >= 15 is 0 Å². The topological polar surface area (TPSA) is 102 Å². The fourth-order valence-corrected chi connectivity index (χ4v) is 3.28. The Labute approximate surface area is 197 Å². The molecule has 0 saturated carbocycles. The number of hydrogen-bond acceptors (Lipinski definition) is 5. The number of nitrogens with one attached hydrogen (secondary N) is 2. The van der Waals surface area contributed by atoms with Crippen LogP contribution < -0.4 is 10.6 Å². The number of ether oxygens (including phenoxy) is 1. The first-order valence-corrected chi connectivity index (χ1v) is 10.8. The molecule has 0 unspecified atom stereocenters. The highest BCUT2D eigenvalue weighted by molar-refractivity contribution is 5.97. The maximum absolute atomic E-state index is 13.2. The second-order valence-electron chi connectivity index (χ2n) is 8.28. The summed E-state index contributed by atoms with van der Waals surface area (Å²) in [5.74, 6) is -1.99. The van der Waals surface area contributed by atoms with Gasteiger partial charge in [0.1, 0.15) is 17.7 Å². The Balaban J connectivity index is 1.62. The molecule has 2 aromatic carbocycles. The molecule has 34 heavy (non-hydrogen) atoms. The summed E-state index contributed by atoms with van der Waals surface area (Å²) in [6.45, 7) is 6.61. The molecule has 0 bridgehead atoms. The molecule has 0 aliphatic heterocycles. The van der Waals surface area contributed by atoms with E-state index in [0.717, 1.165) is 5.56 Å². The lowest BCUT2D eigenvalue weighted by Gasteiger charge is -2.21. The van der Waals surface area contributed by atoms with E-state index in [0.29, 0.717) is 22.8 Å². The van der Waals surface area contributed by atoms with Gasteiger partial charge in [-0.2, -0.15) is 5.10 Å². The van der Waals surface area contributed by atoms with Crippen LogP contribution in [0, 0.1) is 25.6 Å². The summed E-state index contributed by atoms with van der Waals surface area (Å²) < 4.78 is 19.9. The van der Waals surface area contributed by atoms with E-state index in [1.807, 2.05) is 13.0 Å². The summed E-state index contributed by atoms with van der Waals surface area (Å²) in [5, 5.41) is 9.63. The number of halogens is 1. The number of rotatable bonds is 8. The Bertz CT molecular complexity index is 1190. The third-order valence-corrected chi connectivity index (χ3v) is 5.00. The van der Waals surface area contributed by atoms with E-state index in [9.17, 15) is 18.8 Å². The Kier molecular flexibility index (Phi) is 7.78. The van der Waals surface area contributed by atoms with Crippen molar-refractivity contribution >= 4 is 23.6 Å². The molecule has 0 aliphatic rings. The molecular formula is C25H27FN4O4. The van der Waals surface area contributed by atoms with E-state index in [4.69, 9.17) is 4.74 Å². The molecule has 0 aliphatic carbocycles. The van der Waals surface area contributed by atoms with Gasteiger partial charge in [0.15, 0.2) is 6.61 Å².